The minimum Gasteiger partial charge on any atom is -0.395 e. The highest BCUT2D eigenvalue weighted by Crippen LogP contribution is 2.17. The van der Waals surface area contributed by atoms with Crippen LogP contribution >= 0.6 is 0 Å². The van der Waals surface area contributed by atoms with E-state index in [-0.39, 0.29) is 29.6 Å². The van der Waals surface area contributed by atoms with Crippen LogP contribution in [0.5, 0.6) is 0 Å². The monoisotopic (exact) mass is 1030 g/mol. The zero-order chi connectivity index (χ0) is 53.9. The lowest BCUT2D eigenvalue weighted by atomic mass is 10.0. The number of ether oxygens (including phenoxy) is 3. The van der Waals surface area contributed by atoms with Crippen molar-refractivity contribution in [3.8, 4) is 35.8 Å². The molecule has 0 saturated carbocycles. The van der Waals surface area contributed by atoms with E-state index in [0.717, 1.165) is 18.4 Å². The third-order valence-corrected chi connectivity index (χ3v) is 13.5. The van der Waals surface area contributed by atoms with Crippen LogP contribution in [0.15, 0.2) is 66.7 Å². The Labute approximate surface area is 456 Å². The van der Waals surface area contributed by atoms with Gasteiger partial charge in [0.25, 0.3) is 0 Å². The number of aliphatic hydroxyl groups is 1. The zero-order valence-corrected chi connectivity index (χ0v) is 46.9. The summed E-state index contributed by atoms with van der Waals surface area (Å²) in [6, 6.07) is 22.1. The molecule has 0 aromatic heterocycles. The van der Waals surface area contributed by atoms with Gasteiger partial charge in [0, 0.05) is 24.3 Å². The number of unbranched alkanes of at least 4 members (excludes halogenated alkanes) is 30. The van der Waals surface area contributed by atoms with Crippen LogP contribution in [0.1, 0.15) is 247 Å². The van der Waals surface area contributed by atoms with Gasteiger partial charge in [-0.2, -0.15) is 10.5 Å². The molecule has 75 heavy (non-hydrogen) atoms. The van der Waals surface area contributed by atoms with Crippen molar-refractivity contribution in [1.29, 1.82) is 10.5 Å². The van der Waals surface area contributed by atoms with E-state index in [1.54, 1.807) is 12.1 Å². The molecule has 0 radical (unpaired) electrons. The summed E-state index contributed by atoms with van der Waals surface area (Å²) in [5.41, 5.74) is 2.55. The third kappa shape index (κ3) is 39.5. The second-order valence-corrected chi connectivity index (χ2v) is 20.6. The quantitative estimate of drug-likeness (QED) is 0.0448. The fraction of sp³-hybridized carbons (Fsp3) is 0.642. The fourth-order valence-electron chi connectivity index (χ4n) is 8.94. The Morgan fingerprint density at radius 2 is 0.733 bits per heavy atom. The molecule has 0 amide bonds. The molecule has 414 valence electrons. The second kappa shape index (κ2) is 49.1. The van der Waals surface area contributed by atoms with Crippen molar-refractivity contribution in [1.82, 2.24) is 0 Å². The van der Waals surface area contributed by atoms with Gasteiger partial charge in [-0.25, -0.2) is 8.78 Å². The third-order valence-electron chi connectivity index (χ3n) is 13.5. The van der Waals surface area contributed by atoms with Gasteiger partial charge in [-0.3, -0.25) is 0 Å². The molecule has 0 fully saturated rings. The van der Waals surface area contributed by atoms with Gasteiger partial charge in [0.1, 0.15) is 11.6 Å². The molecule has 8 heteroatoms. The molecule has 0 spiro atoms. The first-order valence-electron chi connectivity index (χ1n) is 29.7. The summed E-state index contributed by atoms with van der Waals surface area (Å²) in [5, 5.41) is 27.5. The minimum absolute atomic E-state index is 0.105. The molecule has 3 rings (SSSR count). The Hall–Kier alpha value is -4.54. The topological polar surface area (TPSA) is 95.5 Å². The van der Waals surface area contributed by atoms with Crippen LogP contribution in [-0.2, 0) is 20.8 Å². The Balaban J connectivity index is 0.000000523. The van der Waals surface area contributed by atoms with Gasteiger partial charge in [-0.15, -0.1) is 0 Å². The van der Waals surface area contributed by atoms with E-state index in [1.807, 2.05) is 42.5 Å². The van der Waals surface area contributed by atoms with Crippen LogP contribution in [0.2, 0.25) is 0 Å². The van der Waals surface area contributed by atoms with Crippen molar-refractivity contribution < 1.29 is 28.1 Å². The Kier molecular flexibility index (Phi) is 43.5. The maximum atomic E-state index is 13.8. The molecular formula is C67H98F2N2O4. The lowest BCUT2D eigenvalue weighted by Crippen LogP contribution is -2.15. The average molecular weight is 1030 g/mol. The smallest absolute Gasteiger partial charge is 0.125 e. The normalized spacial score (nSPS) is 11.6. The van der Waals surface area contributed by atoms with Gasteiger partial charge in [-0.05, 0) is 54.8 Å². The highest BCUT2D eigenvalue weighted by molar-refractivity contribution is 5.43. The van der Waals surface area contributed by atoms with Gasteiger partial charge in [0.05, 0.1) is 68.1 Å². The van der Waals surface area contributed by atoms with E-state index in [1.165, 1.54) is 217 Å². The average Bonchev–Trinajstić information content (AvgIpc) is 3.42. The number of hydrogen-bond acceptors (Lipinski definition) is 6. The van der Waals surface area contributed by atoms with E-state index in [4.69, 9.17) is 24.7 Å². The van der Waals surface area contributed by atoms with Crippen LogP contribution in [0.25, 0.3) is 0 Å². The number of nitriles is 2. The summed E-state index contributed by atoms with van der Waals surface area (Å²) in [6.07, 6.45) is 43.1. The molecule has 3 aromatic carbocycles. The molecule has 1 N–H and O–H groups in total. The maximum Gasteiger partial charge on any atom is 0.125 e. The van der Waals surface area contributed by atoms with E-state index < -0.39 is 11.6 Å². The molecule has 3 aromatic rings. The molecule has 0 aliphatic carbocycles. The summed E-state index contributed by atoms with van der Waals surface area (Å²) in [6.45, 7) is 7.62. The van der Waals surface area contributed by atoms with E-state index in [2.05, 4.69) is 37.5 Å². The summed E-state index contributed by atoms with van der Waals surface area (Å²) < 4.78 is 44.8. The first-order valence-corrected chi connectivity index (χ1v) is 29.7. The van der Waals surface area contributed by atoms with Crippen molar-refractivity contribution in [2.24, 2.45) is 11.8 Å². The molecule has 2 atom stereocenters. The van der Waals surface area contributed by atoms with Gasteiger partial charge in [-0.1, -0.05) is 260 Å². The SMILES string of the molecule is CCCCCCCCCCCCCCCCCCOC[C@@H](C#Cc1cc(F)cc(C#N)c1)CO.CCCCCCCCCCCCCCCCCCOC[C@@H](C#Cc1cc(F)cc(C#N)c1)COCc1ccccc1. The second-order valence-electron chi connectivity index (χ2n) is 20.6. The summed E-state index contributed by atoms with van der Waals surface area (Å²) in [5.74, 6) is 10.6. The van der Waals surface area contributed by atoms with E-state index in [0.29, 0.717) is 50.8 Å². The lowest BCUT2D eigenvalue weighted by molar-refractivity contribution is 0.0507. The number of nitrogens with zero attached hydrogens (tertiary/aromatic N) is 2. The standard InChI is InChI=1S/C37H52FNO2.C30H46FNO2/c1-2-3-4-5-6-7-8-9-10-11-12-13-14-15-16-20-25-40-31-35(32-41-30-33-21-18-17-19-22-33)24-23-34-26-36(29-39)28-37(38)27-34;1-2-3-4-5-6-7-8-9-10-11-12-13-14-15-16-17-20-34-26-28(25-33)19-18-27-21-29(24-32)23-30(31)22-27/h17-19,21-22,26-28,35H,2-16,20,25,30-32H2,1H3;21-23,28,33H,2-17,20,25-26H2,1H3/t35-;28-/m10/s1. The number of benzene rings is 3. The molecule has 6 nitrogen and oxygen atoms in total. The van der Waals surface area contributed by atoms with Crippen molar-refractivity contribution in [2.75, 3.05) is 39.6 Å². The molecule has 0 saturated heterocycles. The van der Waals surface area contributed by atoms with E-state index in [9.17, 15) is 13.9 Å². The zero-order valence-electron chi connectivity index (χ0n) is 46.9. The minimum atomic E-state index is -0.483. The van der Waals surface area contributed by atoms with Crippen molar-refractivity contribution in [3.63, 3.8) is 0 Å². The van der Waals surface area contributed by atoms with Crippen LogP contribution in [-0.4, -0.2) is 44.7 Å². The van der Waals surface area contributed by atoms with Crippen LogP contribution in [0.4, 0.5) is 8.78 Å². The predicted octanol–water partition coefficient (Wildman–Crippen LogP) is 18.1. The molecule has 0 bridgehead atoms. The predicted molar refractivity (Wildman–Crippen MR) is 307 cm³/mol. The molecule has 0 unspecified atom stereocenters. The van der Waals surface area contributed by atoms with Crippen LogP contribution < -0.4 is 0 Å². The fourth-order valence-corrected chi connectivity index (χ4v) is 8.94. The highest BCUT2D eigenvalue weighted by atomic mass is 19.1. The summed E-state index contributed by atoms with van der Waals surface area (Å²) >= 11 is 0. The number of rotatable bonds is 43. The van der Waals surface area contributed by atoms with Crippen molar-refractivity contribution >= 4 is 0 Å². The van der Waals surface area contributed by atoms with Gasteiger partial charge < -0.3 is 19.3 Å². The van der Waals surface area contributed by atoms with Gasteiger partial charge >= 0.3 is 0 Å². The van der Waals surface area contributed by atoms with Crippen LogP contribution in [0.3, 0.4) is 0 Å². The number of hydrogen-bond donors (Lipinski definition) is 1. The summed E-state index contributed by atoms with van der Waals surface area (Å²) in [7, 11) is 0. The first kappa shape index (κ1) is 66.6. The van der Waals surface area contributed by atoms with Gasteiger partial charge in [0.15, 0.2) is 0 Å². The lowest BCUT2D eigenvalue weighted by Gasteiger charge is -2.12. The number of halogens is 2. The molecule has 0 aliphatic heterocycles. The molecule has 0 aliphatic rings. The van der Waals surface area contributed by atoms with Crippen molar-refractivity contribution in [2.45, 2.75) is 226 Å². The number of aliphatic hydroxyl groups excluding tert-OH is 1. The van der Waals surface area contributed by atoms with Crippen LogP contribution in [0, 0.1) is 69.8 Å². The Morgan fingerprint density at radius 1 is 0.413 bits per heavy atom. The molecule has 0 heterocycles. The van der Waals surface area contributed by atoms with Crippen molar-refractivity contribution in [3.05, 3.63) is 106 Å². The molecular weight excluding hydrogens is 935 g/mol. The summed E-state index contributed by atoms with van der Waals surface area (Å²) in [4.78, 5) is 0. The Bertz CT molecular complexity index is 2040. The largest absolute Gasteiger partial charge is 0.395 e. The van der Waals surface area contributed by atoms with Gasteiger partial charge in [0.2, 0.25) is 0 Å². The highest BCUT2D eigenvalue weighted by Gasteiger charge is 2.09. The Morgan fingerprint density at radius 3 is 1.09 bits per heavy atom. The van der Waals surface area contributed by atoms with E-state index >= 15 is 0 Å². The first-order chi connectivity index (χ1) is 36.9. The maximum absolute atomic E-state index is 13.8.